The Hall–Kier alpha value is -4.11. The minimum atomic E-state index is -1.09. The van der Waals surface area contributed by atoms with Gasteiger partial charge in [-0.3, -0.25) is 19.6 Å². The van der Waals surface area contributed by atoms with Gasteiger partial charge in [-0.2, -0.15) is 0 Å². The molecule has 1 aromatic heterocycles. The zero-order valence-electron chi connectivity index (χ0n) is 18.8. The van der Waals surface area contributed by atoms with Crippen molar-refractivity contribution in [3.8, 4) is 11.5 Å². The van der Waals surface area contributed by atoms with Crippen LogP contribution in [-0.4, -0.2) is 50.5 Å². The van der Waals surface area contributed by atoms with Gasteiger partial charge in [-0.25, -0.2) is 9.59 Å². The fourth-order valence-electron chi connectivity index (χ4n) is 3.72. The Labute approximate surface area is 206 Å². The van der Waals surface area contributed by atoms with E-state index >= 15 is 0 Å². The smallest absolute Gasteiger partial charge is 0.337 e. The molecule has 0 radical (unpaired) electrons. The topological polar surface area (TPSA) is 112 Å². The average molecular weight is 495 g/mol. The molecule has 9 nitrogen and oxygen atoms in total. The summed E-state index contributed by atoms with van der Waals surface area (Å²) in [7, 11) is 0. The first-order chi connectivity index (χ1) is 16.8. The third-order valence-electron chi connectivity index (χ3n) is 5.49. The summed E-state index contributed by atoms with van der Waals surface area (Å²) in [5.41, 5.74) is 1.60. The highest BCUT2D eigenvalue weighted by atomic mass is 35.5. The SMILES string of the molecule is CCN1C(=O)CC(Nc2ccc(Oc3cncc(C(=O)O)c3)cc2)N(Cc2ccc(Cl)cc2)C1=O. The maximum atomic E-state index is 13.1. The van der Waals surface area contributed by atoms with Crippen LogP contribution in [0.4, 0.5) is 10.5 Å². The van der Waals surface area contributed by atoms with Crippen LogP contribution in [-0.2, 0) is 11.3 Å². The van der Waals surface area contributed by atoms with Crippen LogP contribution in [0.1, 0.15) is 29.3 Å². The summed E-state index contributed by atoms with van der Waals surface area (Å²) in [5.74, 6) is -0.564. The van der Waals surface area contributed by atoms with Crippen molar-refractivity contribution >= 4 is 35.2 Å². The van der Waals surface area contributed by atoms with E-state index in [0.29, 0.717) is 35.3 Å². The van der Waals surface area contributed by atoms with Crippen molar-refractivity contribution in [2.45, 2.75) is 26.1 Å². The number of rotatable bonds is 8. The highest BCUT2D eigenvalue weighted by Gasteiger charge is 2.38. The van der Waals surface area contributed by atoms with E-state index in [9.17, 15) is 14.4 Å². The van der Waals surface area contributed by atoms with Gasteiger partial charge in [-0.05, 0) is 55.0 Å². The van der Waals surface area contributed by atoms with Crippen molar-refractivity contribution in [1.82, 2.24) is 14.8 Å². The van der Waals surface area contributed by atoms with Crippen LogP contribution in [0.2, 0.25) is 5.02 Å². The molecular formula is C25H23ClN4O5. The van der Waals surface area contributed by atoms with E-state index < -0.39 is 12.1 Å². The van der Waals surface area contributed by atoms with Gasteiger partial charge in [0.2, 0.25) is 5.91 Å². The van der Waals surface area contributed by atoms with E-state index in [-0.39, 0.29) is 23.9 Å². The Morgan fingerprint density at radius 1 is 1.11 bits per heavy atom. The molecule has 180 valence electrons. The lowest BCUT2D eigenvalue weighted by atomic mass is 10.1. The Morgan fingerprint density at radius 3 is 2.49 bits per heavy atom. The van der Waals surface area contributed by atoms with Gasteiger partial charge >= 0.3 is 12.0 Å². The summed E-state index contributed by atoms with van der Waals surface area (Å²) < 4.78 is 5.70. The van der Waals surface area contributed by atoms with Crippen molar-refractivity contribution in [2.24, 2.45) is 0 Å². The molecule has 1 unspecified atom stereocenters. The molecular weight excluding hydrogens is 472 g/mol. The van der Waals surface area contributed by atoms with Crippen LogP contribution in [0.25, 0.3) is 0 Å². The minimum Gasteiger partial charge on any atom is -0.478 e. The normalized spacial score (nSPS) is 15.8. The number of amides is 3. The van der Waals surface area contributed by atoms with E-state index in [1.54, 1.807) is 48.2 Å². The largest absolute Gasteiger partial charge is 0.478 e. The molecule has 1 aliphatic rings. The lowest BCUT2D eigenvalue weighted by Crippen LogP contribution is -2.58. The first kappa shape index (κ1) is 24.0. The standard InChI is InChI=1S/C25H23ClN4O5/c1-2-29-23(31)12-22(30(25(29)34)15-16-3-5-18(26)6-4-16)28-19-7-9-20(10-8-19)35-21-11-17(24(32)33)13-27-14-21/h3-11,13-14,22,28H,2,12,15H2,1H3,(H,32,33). The van der Waals surface area contributed by atoms with E-state index in [2.05, 4.69) is 10.3 Å². The molecule has 1 fully saturated rings. The number of nitrogens with one attached hydrogen (secondary N) is 1. The summed E-state index contributed by atoms with van der Waals surface area (Å²) >= 11 is 5.98. The van der Waals surface area contributed by atoms with Gasteiger partial charge in [-0.1, -0.05) is 23.7 Å². The molecule has 1 atom stereocenters. The number of anilines is 1. The van der Waals surface area contributed by atoms with Crippen molar-refractivity contribution in [1.29, 1.82) is 0 Å². The number of carboxylic acids is 1. The van der Waals surface area contributed by atoms with Crippen molar-refractivity contribution in [2.75, 3.05) is 11.9 Å². The van der Waals surface area contributed by atoms with Gasteiger partial charge in [0, 0.05) is 30.0 Å². The lowest BCUT2D eigenvalue weighted by Gasteiger charge is -2.40. The van der Waals surface area contributed by atoms with E-state index in [1.165, 1.54) is 23.4 Å². The Morgan fingerprint density at radius 2 is 1.83 bits per heavy atom. The number of ether oxygens (including phenoxy) is 1. The maximum Gasteiger partial charge on any atom is 0.337 e. The van der Waals surface area contributed by atoms with Crippen molar-refractivity contribution in [3.05, 3.63) is 83.1 Å². The number of carboxylic acid groups (broad SMARTS) is 1. The fraction of sp³-hybridized carbons (Fsp3) is 0.200. The quantitative estimate of drug-likeness (QED) is 0.461. The van der Waals surface area contributed by atoms with Gasteiger partial charge in [0.25, 0.3) is 0 Å². The monoisotopic (exact) mass is 494 g/mol. The number of nitrogens with zero attached hydrogens (tertiary/aromatic N) is 3. The first-order valence-corrected chi connectivity index (χ1v) is 11.3. The molecule has 3 amide bonds. The number of carbonyl (C=O) groups is 3. The molecule has 10 heteroatoms. The van der Waals surface area contributed by atoms with Crippen LogP contribution in [0, 0.1) is 0 Å². The first-order valence-electron chi connectivity index (χ1n) is 10.9. The van der Waals surface area contributed by atoms with Gasteiger partial charge in [-0.15, -0.1) is 0 Å². The molecule has 1 aliphatic heterocycles. The van der Waals surface area contributed by atoms with Crippen molar-refractivity contribution < 1.29 is 24.2 Å². The Kier molecular flexibility index (Phi) is 7.17. The van der Waals surface area contributed by atoms with Gasteiger partial charge in [0.05, 0.1) is 18.2 Å². The van der Waals surface area contributed by atoms with E-state index in [1.807, 2.05) is 12.1 Å². The second-order valence-electron chi connectivity index (χ2n) is 7.88. The highest BCUT2D eigenvalue weighted by Crippen LogP contribution is 2.26. The molecule has 2 N–H and O–H groups in total. The van der Waals surface area contributed by atoms with Crippen molar-refractivity contribution in [3.63, 3.8) is 0 Å². The second-order valence-corrected chi connectivity index (χ2v) is 8.32. The van der Waals surface area contributed by atoms with Gasteiger partial charge in [0.1, 0.15) is 17.7 Å². The number of hydrogen-bond donors (Lipinski definition) is 2. The lowest BCUT2D eigenvalue weighted by molar-refractivity contribution is -0.132. The number of aromatic carboxylic acids is 1. The number of pyridine rings is 1. The van der Waals surface area contributed by atoms with Crippen LogP contribution in [0.5, 0.6) is 11.5 Å². The van der Waals surface area contributed by atoms with Gasteiger partial charge < -0.3 is 15.2 Å². The number of halogens is 1. The summed E-state index contributed by atoms with van der Waals surface area (Å²) in [4.78, 5) is 43.5. The van der Waals surface area contributed by atoms with Gasteiger partial charge in [0.15, 0.2) is 0 Å². The molecule has 1 saturated heterocycles. The number of imide groups is 1. The molecule has 0 saturated carbocycles. The van der Waals surface area contributed by atoms with Crippen LogP contribution < -0.4 is 10.1 Å². The highest BCUT2D eigenvalue weighted by molar-refractivity contribution is 6.30. The summed E-state index contributed by atoms with van der Waals surface area (Å²) in [5, 5.41) is 13.0. The molecule has 2 heterocycles. The maximum absolute atomic E-state index is 13.1. The van der Waals surface area contributed by atoms with E-state index in [0.717, 1.165) is 5.56 Å². The molecule has 35 heavy (non-hydrogen) atoms. The molecule has 0 aliphatic carbocycles. The van der Waals surface area contributed by atoms with E-state index in [4.69, 9.17) is 21.4 Å². The Bertz CT molecular complexity index is 1230. The second kappa shape index (κ2) is 10.4. The number of benzene rings is 2. The molecule has 0 bridgehead atoms. The molecule has 3 aromatic rings. The summed E-state index contributed by atoms with van der Waals surface area (Å²) in [6.45, 7) is 2.38. The minimum absolute atomic E-state index is 0.0225. The average Bonchev–Trinajstić information content (AvgIpc) is 2.84. The van der Waals surface area contributed by atoms with Crippen LogP contribution in [0.3, 0.4) is 0 Å². The number of aromatic nitrogens is 1. The number of carbonyl (C=O) groups excluding carboxylic acids is 2. The molecule has 4 rings (SSSR count). The fourth-order valence-corrected chi connectivity index (χ4v) is 3.85. The van der Waals surface area contributed by atoms with Crippen LogP contribution in [0.15, 0.2) is 67.0 Å². The predicted molar refractivity (Wildman–Crippen MR) is 130 cm³/mol. The zero-order chi connectivity index (χ0) is 24.9. The third kappa shape index (κ3) is 5.70. The number of hydrogen-bond acceptors (Lipinski definition) is 6. The molecule has 2 aromatic carbocycles. The third-order valence-corrected chi connectivity index (χ3v) is 5.74. The zero-order valence-corrected chi connectivity index (χ0v) is 19.6. The predicted octanol–water partition coefficient (Wildman–Crippen LogP) is 4.84. The summed E-state index contributed by atoms with van der Waals surface area (Å²) in [6, 6.07) is 15.1. The molecule has 0 spiro atoms. The summed E-state index contributed by atoms with van der Waals surface area (Å²) in [6.07, 6.45) is 2.24. The van der Waals surface area contributed by atoms with Crippen LogP contribution >= 0.6 is 11.6 Å². The number of urea groups is 1. The Balaban J connectivity index is 1.49.